The molecule has 0 aliphatic heterocycles. The van der Waals surface area contributed by atoms with Crippen molar-refractivity contribution in [1.29, 1.82) is 0 Å². The van der Waals surface area contributed by atoms with Gasteiger partial charge in [0.05, 0.1) is 6.61 Å². The molecular formula is C5H12O2Si. The fourth-order valence-corrected chi connectivity index (χ4v) is 0.476. The SMILES string of the molecule is C=CCCOCO[SiH3]. The van der Waals surface area contributed by atoms with Crippen LogP contribution in [0.2, 0.25) is 0 Å². The molecule has 0 bridgehead atoms. The molecule has 0 atom stereocenters. The third-order valence-corrected chi connectivity index (χ3v) is 0.903. The normalized spacial score (nSPS) is 9.50. The van der Waals surface area contributed by atoms with Crippen molar-refractivity contribution < 1.29 is 9.16 Å². The van der Waals surface area contributed by atoms with Crippen molar-refractivity contribution in [3.8, 4) is 0 Å². The lowest BCUT2D eigenvalue weighted by Crippen LogP contribution is -1.97. The van der Waals surface area contributed by atoms with Gasteiger partial charge in [0.1, 0.15) is 17.3 Å². The molecule has 2 nitrogen and oxygen atoms in total. The van der Waals surface area contributed by atoms with Crippen LogP contribution >= 0.6 is 0 Å². The summed E-state index contributed by atoms with van der Waals surface area (Å²) in [5, 5.41) is 0. The van der Waals surface area contributed by atoms with Crippen LogP contribution in [-0.2, 0) is 9.16 Å². The van der Waals surface area contributed by atoms with Crippen molar-refractivity contribution >= 4 is 10.5 Å². The maximum absolute atomic E-state index is 4.96. The Morgan fingerprint density at radius 1 is 1.62 bits per heavy atom. The molecule has 0 spiro atoms. The molecule has 0 aromatic carbocycles. The molecule has 0 saturated carbocycles. The van der Waals surface area contributed by atoms with E-state index in [9.17, 15) is 0 Å². The standard InChI is InChI=1S/C5H12O2Si/c1-2-3-4-6-5-7-8/h2H,1,3-5H2,8H3. The molecule has 0 radical (unpaired) electrons. The van der Waals surface area contributed by atoms with E-state index >= 15 is 0 Å². The van der Waals surface area contributed by atoms with Crippen LogP contribution in [0.15, 0.2) is 12.7 Å². The molecule has 0 fully saturated rings. The highest BCUT2D eigenvalue weighted by Crippen LogP contribution is 1.81. The third-order valence-electron chi connectivity index (χ3n) is 0.667. The quantitative estimate of drug-likeness (QED) is 0.224. The van der Waals surface area contributed by atoms with Crippen LogP contribution in [0.4, 0.5) is 0 Å². The van der Waals surface area contributed by atoms with Crippen molar-refractivity contribution in [2.45, 2.75) is 6.42 Å². The van der Waals surface area contributed by atoms with Gasteiger partial charge in [-0.05, 0) is 6.42 Å². The Bertz CT molecular complexity index is 56.4. The fourth-order valence-electron chi connectivity index (χ4n) is 0.309. The second kappa shape index (κ2) is 6.88. The monoisotopic (exact) mass is 132 g/mol. The van der Waals surface area contributed by atoms with Crippen LogP contribution < -0.4 is 0 Å². The summed E-state index contributed by atoms with van der Waals surface area (Å²) in [6, 6.07) is 0. The van der Waals surface area contributed by atoms with E-state index in [-0.39, 0.29) is 0 Å². The van der Waals surface area contributed by atoms with Gasteiger partial charge in [-0.25, -0.2) is 0 Å². The maximum atomic E-state index is 4.96. The summed E-state index contributed by atoms with van der Waals surface area (Å²) in [5.41, 5.74) is 0. The van der Waals surface area contributed by atoms with Gasteiger partial charge in [-0.15, -0.1) is 6.58 Å². The first-order chi connectivity index (χ1) is 3.91. The maximum Gasteiger partial charge on any atom is 0.149 e. The lowest BCUT2D eigenvalue weighted by atomic mass is 10.5. The Morgan fingerprint density at radius 2 is 2.38 bits per heavy atom. The molecule has 0 amide bonds. The Morgan fingerprint density at radius 3 is 2.88 bits per heavy atom. The highest BCUT2D eigenvalue weighted by atomic mass is 28.2. The van der Waals surface area contributed by atoms with Gasteiger partial charge in [-0.2, -0.15) is 0 Å². The van der Waals surface area contributed by atoms with Gasteiger partial charge in [0.15, 0.2) is 0 Å². The van der Waals surface area contributed by atoms with Crippen molar-refractivity contribution in [2.24, 2.45) is 0 Å². The van der Waals surface area contributed by atoms with E-state index in [0.29, 0.717) is 6.79 Å². The first-order valence-corrected chi connectivity index (χ1v) is 3.41. The Balaban J connectivity index is 2.62. The van der Waals surface area contributed by atoms with E-state index < -0.39 is 0 Å². The van der Waals surface area contributed by atoms with Crippen LogP contribution in [0.1, 0.15) is 6.42 Å². The van der Waals surface area contributed by atoms with Crippen LogP contribution in [0, 0.1) is 0 Å². The minimum atomic E-state index is 0.445. The number of hydrogen-bond donors (Lipinski definition) is 0. The summed E-state index contributed by atoms with van der Waals surface area (Å²) in [7, 11) is 0.757. The van der Waals surface area contributed by atoms with Crippen molar-refractivity contribution in [3.05, 3.63) is 12.7 Å². The second-order valence-corrected chi connectivity index (χ2v) is 1.97. The number of hydrogen-bond acceptors (Lipinski definition) is 2. The number of ether oxygens (including phenoxy) is 1. The van der Waals surface area contributed by atoms with Crippen LogP contribution in [0.3, 0.4) is 0 Å². The van der Waals surface area contributed by atoms with Gasteiger partial charge in [0.25, 0.3) is 0 Å². The summed E-state index contributed by atoms with van der Waals surface area (Å²) < 4.78 is 9.74. The topological polar surface area (TPSA) is 18.5 Å². The van der Waals surface area contributed by atoms with Crippen molar-refractivity contribution in [1.82, 2.24) is 0 Å². The molecule has 0 saturated heterocycles. The summed E-state index contributed by atoms with van der Waals surface area (Å²) in [5.74, 6) is 0. The summed E-state index contributed by atoms with van der Waals surface area (Å²) in [6.07, 6.45) is 2.73. The minimum absolute atomic E-state index is 0.445. The lowest BCUT2D eigenvalue weighted by molar-refractivity contribution is 0.0229. The first-order valence-electron chi connectivity index (χ1n) is 2.59. The molecule has 0 N–H and O–H groups in total. The Kier molecular flexibility index (Phi) is 6.77. The predicted octanol–water partition coefficient (Wildman–Crippen LogP) is -0.166. The van der Waals surface area contributed by atoms with E-state index in [4.69, 9.17) is 9.16 Å². The van der Waals surface area contributed by atoms with E-state index in [1.807, 2.05) is 6.08 Å². The van der Waals surface area contributed by atoms with Crippen molar-refractivity contribution in [2.75, 3.05) is 13.4 Å². The van der Waals surface area contributed by atoms with Crippen LogP contribution in [0.25, 0.3) is 0 Å². The summed E-state index contributed by atoms with van der Waals surface area (Å²) >= 11 is 0. The highest BCUT2D eigenvalue weighted by molar-refractivity contribution is 5.97. The largest absolute Gasteiger partial charge is 0.406 e. The zero-order valence-electron chi connectivity index (χ0n) is 5.22. The van der Waals surface area contributed by atoms with E-state index in [1.54, 1.807) is 0 Å². The van der Waals surface area contributed by atoms with Gasteiger partial charge < -0.3 is 9.16 Å². The Hall–Kier alpha value is -0.123. The van der Waals surface area contributed by atoms with Gasteiger partial charge in [0.2, 0.25) is 0 Å². The van der Waals surface area contributed by atoms with Gasteiger partial charge in [-0.1, -0.05) is 6.08 Å². The average Bonchev–Trinajstić information content (AvgIpc) is 1.81. The molecule has 3 heteroatoms. The molecule has 0 aromatic rings. The van der Waals surface area contributed by atoms with E-state index in [2.05, 4.69) is 6.58 Å². The zero-order chi connectivity index (χ0) is 6.24. The second-order valence-electron chi connectivity index (χ2n) is 1.39. The molecule has 0 aliphatic rings. The van der Waals surface area contributed by atoms with Gasteiger partial charge in [0, 0.05) is 0 Å². The molecule has 0 aliphatic carbocycles. The van der Waals surface area contributed by atoms with Crippen molar-refractivity contribution in [3.63, 3.8) is 0 Å². The molecule has 0 heterocycles. The smallest absolute Gasteiger partial charge is 0.149 e. The molecule has 0 aromatic heterocycles. The van der Waals surface area contributed by atoms with Crippen LogP contribution in [-0.4, -0.2) is 23.9 Å². The van der Waals surface area contributed by atoms with Gasteiger partial charge >= 0.3 is 0 Å². The van der Waals surface area contributed by atoms with E-state index in [0.717, 1.165) is 23.5 Å². The molecule has 8 heavy (non-hydrogen) atoms. The third kappa shape index (κ3) is 5.88. The van der Waals surface area contributed by atoms with Crippen LogP contribution in [0.5, 0.6) is 0 Å². The Labute approximate surface area is 53.0 Å². The zero-order valence-corrected chi connectivity index (χ0v) is 7.22. The lowest BCUT2D eigenvalue weighted by Gasteiger charge is -1.97. The molecule has 48 valence electrons. The average molecular weight is 132 g/mol. The fraction of sp³-hybridized carbons (Fsp3) is 0.600. The molecular weight excluding hydrogens is 120 g/mol. The minimum Gasteiger partial charge on any atom is -0.406 e. The molecule has 0 unspecified atom stereocenters. The summed E-state index contributed by atoms with van der Waals surface area (Å²) in [6.45, 7) is 4.72. The highest BCUT2D eigenvalue weighted by Gasteiger charge is 1.78. The first kappa shape index (κ1) is 7.88. The molecule has 0 rings (SSSR count). The summed E-state index contributed by atoms with van der Waals surface area (Å²) in [4.78, 5) is 0. The predicted molar refractivity (Wildman–Crippen MR) is 36.7 cm³/mol. The van der Waals surface area contributed by atoms with Gasteiger partial charge in [-0.3, -0.25) is 0 Å². The number of rotatable bonds is 5. The van der Waals surface area contributed by atoms with E-state index in [1.165, 1.54) is 0 Å².